The Morgan fingerprint density at radius 2 is 1.33 bits per heavy atom. The van der Waals surface area contributed by atoms with Gasteiger partial charge in [-0.1, -0.05) is 46.4 Å². The van der Waals surface area contributed by atoms with Crippen LogP contribution in [0.5, 0.6) is 0 Å². The lowest BCUT2D eigenvalue weighted by atomic mass is 9.94. The molecule has 0 aromatic heterocycles. The molecule has 252 valence electrons. The van der Waals surface area contributed by atoms with Crippen LogP contribution >= 0.6 is 20.2 Å². The van der Waals surface area contributed by atoms with Crippen LogP contribution in [-0.4, -0.2) is 91.1 Å². The van der Waals surface area contributed by atoms with E-state index in [0.29, 0.717) is 56.3 Å². The number of amides is 1. The Morgan fingerprint density at radius 1 is 0.857 bits per heavy atom. The Kier molecular flexibility index (Phi) is 19.8. The average molecular weight is 654 g/mol. The lowest BCUT2D eigenvalue weighted by Gasteiger charge is -2.45. The standard InChI is InChI=1S/C31H68N3O5PSSi/c1-17-31(18-2,23-39-42(15,16)30(12,13)14)32-29(35)41-21-20-37-28(36-19-3)22-38-40(33(24(4)5)25(6)7)34(26(8)9)27(10)11/h24-28H,17-23H2,1-16H3,(H,32,35). The average Bonchev–Trinajstić information content (AvgIpc) is 2.85. The fourth-order valence-electron chi connectivity index (χ4n) is 4.46. The van der Waals surface area contributed by atoms with E-state index in [1.165, 1.54) is 11.8 Å². The predicted octanol–water partition coefficient (Wildman–Crippen LogP) is 8.87. The van der Waals surface area contributed by atoms with Gasteiger partial charge in [0.15, 0.2) is 23.1 Å². The highest BCUT2D eigenvalue weighted by Gasteiger charge is 2.40. The fourth-order valence-corrected chi connectivity index (χ4v) is 8.53. The molecule has 11 heteroatoms. The maximum Gasteiger partial charge on any atom is 0.279 e. The van der Waals surface area contributed by atoms with Gasteiger partial charge in [-0.05, 0) is 93.3 Å². The lowest BCUT2D eigenvalue weighted by Crippen LogP contribution is -2.53. The minimum Gasteiger partial charge on any atom is -0.414 e. The summed E-state index contributed by atoms with van der Waals surface area (Å²) in [5, 5.41) is 3.36. The van der Waals surface area contributed by atoms with Crippen LogP contribution in [-0.2, 0) is 18.4 Å². The van der Waals surface area contributed by atoms with E-state index in [1.807, 2.05) is 6.92 Å². The van der Waals surface area contributed by atoms with Crippen molar-refractivity contribution in [1.29, 1.82) is 0 Å². The van der Waals surface area contributed by atoms with Gasteiger partial charge in [-0.15, -0.1) is 0 Å². The largest absolute Gasteiger partial charge is 0.414 e. The second kappa shape index (κ2) is 19.7. The van der Waals surface area contributed by atoms with Gasteiger partial charge >= 0.3 is 0 Å². The van der Waals surface area contributed by atoms with Crippen LogP contribution in [0.15, 0.2) is 0 Å². The van der Waals surface area contributed by atoms with Crippen molar-refractivity contribution < 1.29 is 23.2 Å². The summed E-state index contributed by atoms with van der Waals surface area (Å²) < 4.78 is 30.1. The zero-order valence-corrected chi connectivity index (χ0v) is 32.8. The molecule has 42 heavy (non-hydrogen) atoms. The summed E-state index contributed by atoms with van der Waals surface area (Å²) in [6.45, 7) is 37.0. The van der Waals surface area contributed by atoms with Crippen LogP contribution in [0.3, 0.4) is 0 Å². The van der Waals surface area contributed by atoms with Crippen LogP contribution in [0.2, 0.25) is 18.1 Å². The molecule has 0 radical (unpaired) electrons. The highest BCUT2D eigenvalue weighted by Crippen LogP contribution is 2.50. The van der Waals surface area contributed by atoms with Gasteiger partial charge in [0.05, 0.1) is 18.8 Å². The summed E-state index contributed by atoms with van der Waals surface area (Å²) in [6, 6.07) is 1.34. The molecule has 0 aliphatic carbocycles. The third-order valence-corrected chi connectivity index (χ3v) is 16.3. The maximum absolute atomic E-state index is 13.0. The topological polar surface area (TPSA) is 72.5 Å². The van der Waals surface area contributed by atoms with Crippen LogP contribution in [0.25, 0.3) is 0 Å². The molecule has 1 N–H and O–H groups in total. The first-order valence-corrected chi connectivity index (χ1v) is 21.2. The van der Waals surface area contributed by atoms with E-state index < -0.39 is 23.1 Å². The molecule has 0 aliphatic rings. The second-order valence-corrected chi connectivity index (χ2v) is 21.3. The summed E-state index contributed by atoms with van der Waals surface area (Å²) in [5.74, 6) is 0.533. The van der Waals surface area contributed by atoms with Crippen molar-refractivity contribution in [2.24, 2.45) is 0 Å². The van der Waals surface area contributed by atoms with Crippen molar-refractivity contribution in [2.45, 2.75) is 164 Å². The fraction of sp³-hybridized carbons (Fsp3) is 0.968. The Balaban J connectivity index is 5.24. The smallest absolute Gasteiger partial charge is 0.279 e. The lowest BCUT2D eigenvalue weighted by molar-refractivity contribution is -0.152. The van der Waals surface area contributed by atoms with E-state index in [2.05, 4.69) is 118 Å². The first-order chi connectivity index (χ1) is 19.3. The van der Waals surface area contributed by atoms with Gasteiger partial charge < -0.3 is 23.7 Å². The summed E-state index contributed by atoms with van der Waals surface area (Å²) in [7, 11) is -2.94. The molecular weight excluding hydrogens is 585 g/mol. The molecule has 0 aromatic carbocycles. The first kappa shape index (κ1) is 42.2. The van der Waals surface area contributed by atoms with Crippen molar-refractivity contribution in [3.8, 4) is 0 Å². The third-order valence-electron chi connectivity index (χ3n) is 8.05. The Labute approximate surface area is 267 Å². The molecule has 0 saturated heterocycles. The zero-order chi connectivity index (χ0) is 32.9. The molecule has 0 fully saturated rings. The number of nitrogens with zero attached hydrogens (tertiary/aromatic N) is 2. The van der Waals surface area contributed by atoms with Crippen molar-refractivity contribution in [3.05, 3.63) is 0 Å². The Hall–Kier alpha value is 0.227. The van der Waals surface area contributed by atoms with Crippen LogP contribution in [0.1, 0.15) is 110 Å². The van der Waals surface area contributed by atoms with Gasteiger partial charge in [-0.2, -0.15) is 0 Å². The van der Waals surface area contributed by atoms with Crippen molar-refractivity contribution in [3.63, 3.8) is 0 Å². The van der Waals surface area contributed by atoms with E-state index in [4.69, 9.17) is 18.4 Å². The van der Waals surface area contributed by atoms with Gasteiger partial charge in [0.25, 0.3) is 5.24 Å². The number of ether oxygens (including phenoxy) is 2. The van der Waals surface area contributed by atoms with Crippen molar-refractivity contribution in [1.82, 2.24) is 14.7 Å². The third kappa shape index (κ3) is 14.1. The summed E-state index contributed by atoms with van der Waals surface area (Å²) >= 11 is 1.25. The first-order valence-electron chi connectivity index (χ1n) is 16.1. The summed E-state index contributed by atoms with van der Waals surface area (Å²) in [5.41, 5.74) is -0.364. The molecule has 0 bridgehead atoms. The van der Waals surface area contributed by atoms with Crippen LogP contribution < -0.4 is 5.32 Å². The molecule has 0 rings (SSSR count). The zero-order valence-electron chi connectivity index (χ0n) is 30.1. The summed E-state index contributed by atoms with van der Waals surface area (Å²) in [6.07, 6.45) is 1.15. The van der Waals surface area contributed by atoms with E-state index >= 15 is 0 Å². The minimum atomic E-state index is -1.91. The predicted molar refractivity (Wildman–Crippen MR) is 186 cm³/mol. The van der Waals surface area contributed by atoms with E-state index in [-0.39, 0.29) is 15.8 Å². The SMILES string of the molecule is CCOC(COP(N(C(C)C)C(C)C)N(C(C)C)C(C)C)OCCSC(=O)NC(CC)(CC)CO[Si](C)(C)C(C)(C)C. The maximum atomic E-state index is 13.0. The quantitative estimate of drug-likeness (QED) is 0.0570. The Bertz CT molecular complexity index is 713. The van der Waals surface area contributed by atoms with E-state index in [0.717, 1.165) is 12.8 Å². The number of nitrogens with one attached hydrogen (secondary N) is 1. The molecule has 0 heterocycles. The molecule has 0 aromatic rings. The Morgan fingerprint density at radius 3 is 1.71 bits per heavy atom. The van der Waals surface area contributed by atoms with E-state index in [9.17, 15) is 4.79 Å². The van der Waals surface area contributed by atoms with Gasteiger partial charge in [0.1, 0.15) is 6.61 Å². The number of carbonyl (C=O) groups excluding carboxylic acids is 1. The number of hydrogen-bond acceptors (Lipinski definition) is 8. The molecule has 1 amide bonds. The molecule has 1 unspecified atom stereocenters. The number of carbonyl (C=O) groups is 1. The number of hydrogen-bond donors (Lipinski definition) is 1. The van der Waals surface area contributed by atoms with Gasteiger partial charge in [0, 0.05) is 36.5 Å². The normalized spacial score (nSPS) is 14.5. The van der Waals surface area contributed by atoms with Crippen LogP contribution in [0.4, 0.5) is 4.79 Å². The van der Waals surface area contributed by atoms with E-state index in [1.54, 1.807) is 0 Å². The van der Waals surface area contributed by atoms with Gasteiger partial charge in [-0.3, -0.25) is 4.79 Å². The van der Waals surface area contributed by atoms with Gasteiger partial charge in [0.2, 0.25) is 0 Å². The number of thioether (sulfide) groups is 1. The molecule has 8 nitrogen and oxygen atoms in total. The number of rotatable bonds is 21. The summed E-state index contributed by atoms with van der Waals surface area (Å²) in [4.78, 5) is 13.0. The molecule has 1 atom stereocenters. The molecule has 0 saturated carbocycles. The highest BCUT2D eigenvalue weighted by atomic mass is 32.2. The highest BCUT2D eigenvalue weighted by molar-refractivity contribution is 8.13. The molecule has 0 spiro atoms. The van der Waals surface area contributed by atoms with Crippen LogP contribution in [0, 0.1) is 0 Å². The monoisotopic (exact) mass is 653 g/mol. The molecular formula is C31H68N3O5PSSi. The second-order valence-electron chi connectivity index (χ2n) is 13.7. The van der Waals surface area contributed by atoms with Gasteiger partial charge in [-0.25, -0.2) is 9.34 Å². The minimum absolute atomic E-state index is 0.0390. The molecule has 0 aliphatic heterocycles. The van der Waals surface area contributed by atoms with Crippen molar-refractivity contribution >= 4 is 33.8 Å². The van der Waals surface area contributed by atoms with Crippen molar-refractivity contribution in [2.75, 3.05) is 32.2 Å².